The van der Waals surface area contributed by atoms with Crippen molar-refractivity contribution in [2.24, 2.45) is 11.8 Å². The fourth-order valence-electron chi connectivity index (χ4n) is 3.87. The molecule has 2 heterocycles. The number of fused-ring (bicyclic) bond motifs is 1. The van der Waals surface area contributed by atoms with E-state index in [0.717, 1.165) is 0 Å². The first-order valence-electron chi connectivity index (χ1n) is 7.96. The molecule has 2 saturated heterocycles. The maximum absolute atomic E-state index is 12.5. The summed E-state index contributed by atoms with van der Waals surface area (Å²) < 4.78 is 4.80. The molecule has 6 atom stereocenters. The van der Waals surface area contributed by atoms with Crippen LogP contribution in [0.1, 0.15) is 33.6 Å². The van der Waals surface area contributed by atoms with Crippen LogP contribution in [0.3, 0.4) is 0 Å². The third-order valence-corrected chi connectivity index (χ3v) is 5.37. The van der Waals surface area contributed by atoms with Crippen LogP contribution < -0.4 is 0 Å². The number of carbonyl (C=O) groups is 1. The van der Waals surface area contributed by atoms with Crippen LogP contribution in [0.2, 0.25) is 0 Å². The molecule has 0 saturated carbocycles. The highest BCUT2D eigenvalue weighted by atomic mass is 16.6. The Bertz CT molecular complexity index is 418. The highest BCUT2D eigenvalue weighted by Crippen LogP contribution is 2.39. The summed E-state index contributed by atoms with van der Waals surface area (Å²) in [4.78, 5) is 12.2. The van der Waals surface area contributed by atoms with Crippen molar-refractivity contribution in [1.82, 2.24) is 0 Å². The Labute approximate surface area is 130 Å². The minimum atomic E-state index is -1.96. The third kappa shape index (κ3) is 2.76. The van der Waals surface area contributed by atoms with Crippen molar-refractivity contribution in [3.8, 4) is 0 Å². The average molecular weight is 317 g/mol. The number of ether oxygens (including phenoxy) is 1. The van der Waals surface area contributed by atoms with Gasteiger partial charge in [-0.25, -0.2) is 4.79 Å². The van der Waals surface area contributed by atoms with Crippen LogP contribution in [-0.4, -0.2) is 69.5 Å². The van der Waals surface area contributed by atoms with Crippen molar-refractivity contribution >= 4 is 5.97 Å². The highest BCUT2D eigenvalue weighted by Gasteiger charge is 2.52. The average Bonchev–Trinajstić information content (AvgIpc) is 2.92. The fourth-order valence-corrected chi connectivity index (χ4v) is 3.87. The molecule has 2 aliphatic heterocycles. The number of aliphatic hydroxyl groups is 3. The second-order valence-corrected chi connectivity index (χ2v) is 7.05. The van der Waals surface area contributed by atoms with Gasteiger partial charge in [-0.1, -0.05) is 13.8 Å². The molecule has 0 radical (unpaired) electrons. The first-order valence-corrected chi connectivity index (χ1v) is 7.96. The standard InChI is InChI=1S/C15H27NO6/c1-9(2)15(20,10(3)17)14(19)22-8-11-4-6-16(21)7-5-12(18)13(11)16/h9-13,17-18,20H,4-8H2,1-3H3. The maximum Gasteiger partial charge on any atom is 0.341 e. The van der Waals surface area contributed by atoms with Crippen molar-refractivity contribution in [2.45, 2.75) is 57.5 Å². The van der Waals surface area contributed by atoms with Crippen LogP contribution in [0.5, 0.6) is 0 Å². The van der Waals surface area contributed by atoms with Crippen LogP contribution in [0.15, 0.2) is 0 Å². The Hall–Kier alpha value is -0.730. The van der Waals surface area contributed by atoms with E-state index < -0.39 is 40.4 Å². The molecule has 2 fully saturated rings. The molecule has 6 unspecified atom stereocenters. The van der Waals surface area contributed by atoms with E-state index in [1.165, 1.54) is 6.92 Å². The van der Waals surface area contributed by atoms with E-state index in [-0.39, 0.29) is 12.5 Å². The number of quaternary nitrogens is 1. The SMILES string of the molecule is CC(C)C(O)(C(=O)OCC1CC[N+]2([O-])CCC(O)C12)C(C)O. The van der Waals surface area contributed by atoms with E-state index in [9.17, 15) is 25.3 Å². The minimum absolute atomic E-state index is 0.00937. The zero-order valence-corrected chi connectivity index (χ0v) is 13.4. The normalized spacial score (nSPS) is 38.6. The zero-order valence-electron chi connectivity index (χ0n) is 13.4. The summed E-state index contributed by atoms with van der Waals surface area (Å²) in [7, 11) is 0. The summed E-state index contributed by atoms with van der Waals surface area (Å²) in [6.45, 7) is 5.42. The van der Waals surface area contributed by atoms with Gasteiger partial charge in [-0.3, -0.25) is 0 Å². The molecule has 3 N–H and O–H groups in total. The van der Waals surface area contributed by atoms with Crippen LogP contribution in [0, 0.1) is 17.0 Å². The second-order valence-electron chi connectivity index (χ2n) is 7.05. The summed E-state index contributed by atoms with van der Waals surface area (Å²) in [5.74, 6) is -1.58. The van der Waals surface area contributed by atoms with E-state index in [2.05, 4.69) is 0 Å². The number of hydroxylamine groups is 3. The number of rotatable bonds is 5. The molecule has 22 heavy (non-hydrogen) atoms. The molecule has 0 aromatic heterocycles. The molecule has 0 bridgehead atoms. The van der Waals surface area contributed by atoms with Crippen molar-refractivity contribution in [1.29, 1.82) is 0 Å². The zero-order chi connectivity index (χ0) is 16.7. The minimum Gasteiger partial charge on any atom is -0.633 e. The quantitative estimate of drug-likeness (QED) is 0.367. The van der Waals surface area contributed by atoms with E-state index in [1.54, 1.807) is 13.8 Å². The lowest BCUT2D eigenvalue weighted by Gasteiger charge is -2.40. The summed E-state index contributed by atoms with van der Waals surface area (Å²) in [6, 6.07) is -0.452. The smallest absolute Gasteiger partial charge is 0.341 e. The number of esters is 1. The van der Waals surface area contributed by atoms with E-state index >= 15 is 0 Å². The van der Waals surface area contributed by atoms with Gasteiger partial charge >= 0.3 is 5.97 Å². The Balaban J connectivity index is 2.00. The van der Waals surface area contributed by atoms with E-state index in [1.807, 2.05) is 0 Å². The van der Waals surface area contributed by atoms with Gasteiger partial charge in [0.1, 0.15) is 18.8 Å². The topological polar surface area (TPSA) is 110 Å². The molecule has 7 heteroatoms. The molecular formula is C15H27NO6. The predicted octanol–water partition coefficient (Wildman–Crippen LogP) is -0.235. The molecule has 0 spiro atoms. The largest absolute Gasteiger partial charge is 0.633 e. The summed E-state index contributed by atoms with van der Waals surface area (Å²) in [5.41, 5.74) is -1.96. The number of hydrogen-bond acceptors (Lipinski definition) is 6. The van der Waals surface area contributed by atoms with Gasteiger partial charge in [-0.15, -0.1) is 0 Å². The van der Waals surface area contributed by atoms with Crippen LogP contribution in [0.25, 0.3) is 0 Å². The highest BCUT2D eigenvalue weighted by molar-refractivity contribution is 5.80. The maximum atomic E-state index is 12.5. The lowest BCUT2D eigenvalue weighted by atomic mass is 9.85. The molecule has 2 aliphatic rings. The van der Waals surface area contributed by atoms with E-state index in [4.69, 9.17) is 4.74 Å². The first-order chi connectivity index (χ1) is 10.1. The molecule has 0 amide bonds. The number of carbonyl (C=O) groups excluding carboxylic acids is 1. The Kier molecular flexibility index (Phi) is 4.85. The molecule has 7 nitrogen and oxygen atoms in total. The van der Waals surface area contributed by atoms with Crippen molar-refractivity contribution in [2.75, 3.05) is 19.7 Å². The summed E-state index contributed by atoms with van der Waals surface area (Å²) >= 11 is 0. The number of nitrogens with zero attached hydrogens (tertiary/aromatic N) is 1. The van der Waals surface area contributed by atoms with Gasteiger partial charge in [-0.05, 0) is 12.8 Å². The Morgan fingerprint density at radius 2 is 1.95 bits per heavy atom. The third-order valence-electron chi connectivity index (χ3n) is 5.37. The van der Waals surface area contributed by atoms with Crippen molar-refractivity contribution in [3.05, 3.63) is 5.21 Å². The van der Waals surface area contributed by atoms with Gasteiger partial charge in [0.05, 0.1) is 25.1 Å². The monoisotopic (exact) mass is 317 g/mol. The van der Waals surface area contributed by atoms with Gasteiger partial charge in [-0.2, -0.15) is 0 Å². The Morgan fingerprint density at radius 1 is 1.36 bits per heavy atom. The van der Waals surface area contributed by atoms with Crippen LogP contribution >= 0.6 is 0 Å². The molecule has 0 aliphatic carbocycles. The lowest BCUT2D eigenvalue weighted by molar-refractivity contribution is -0.883. The molecule has 128 valence electrons. The molecular weight excluding hydrogens is 290 g/mol. The number of aliphatic hydroxyl groups excluding tert-OH is 2. The molecule has 0 aromatic carbocycles. The van der Waals surface area contributed by atoms with Gasteiger partial charge in [0.15, 0.2) is 5.60 Å². The summed E-state index contributed by atoms with van der Waals surface area (Å²) in [6.07, 6.45) is -0.852. The van der Waals surface area contributed by atoms with Gasteiger partial charge in [0, 0.05) is 12.8 Å². The van der Waals surface area contributed by atoms with Gasteiger partial charge < -0.3 is 29.9 Å². The van der Waals surface area contributed by atoms with Crippen molar-refractivity contribution < 1.29 is 29.5 Å². The summed E-state index contributed by atoms with van der Waals surface area (Å²) in [5, 5.41) is 42.5. The van der Waals surface area contributed by atoms with Crippen LogP contribution in [0.4, 0.5) is 0 Å². The van der Waals surface area contributed by atoms with Gasteiger partial charge in [0.25, 0.3) is 0 Å². The van der Waals surface area contributed by atoms with Crippen LogP contribution in [-0.2, 0) is 9.53 Å². The molecule has 2 rings (SSSR count). The number of hydrogen-bond donors (Lipinski definition) is 3. The fraction of sp³-hybridized carbons (Fsp3) is 0.933. The second kappa shape index (κ2) is 6.05. The Morgan fingerprint density at radius 3 is 2.50 bits per heavy atom. The van der Waals surface area contributed by atoms with E-state index in [0.29, 0.717) is 25.9 Å². The first kappa shape index (κ1) is 17.6. The predicted molar refractivity (Wildman–Crippen MR) is 78.3 cm³/mol. The molecule has 0 aromatic rings. The van der Waals surface area contributed by atoms with Crippen molar-refractivity contribution in [3.63, 3.8) is 0 Å². The van der Waals surface area contributed by atoms with Gasteiger partial charge in [0.2, 0.25) is 0 Å². The lowest BCUT2D eigenvalue weighted by Crippen LogP contribution is -2.54.